The van der Waals surface area contributed by atoms with Crippen molar-refractivity contribution in [2.24, 2.45) is 0 Å². The first-order valence-electron chi connectivity index (χ1n) is 6.33. The molecule has 0 atom stereocenters. The van der Waals surface area contributed by atoms with Crippen molar-refractivity contribution in [1.82, 2.24) is 0 Å². The number of anilines is 1. The summed E-state index contributed by atoms with van der Waals surface area (Å²) in [7, 11) is 1.67. The average Bonchev–Trinajstić information content (AvgIpc) is 2.93. The van der Waals surface area contributed by atoms with Gasteiger partial charge in [0.05, 0.1) is 13.2 Å². The lowest BCUT2D eigenvalue weighted by Crippen LogP contribution is -2.03. The van der Waals surface area contributed by atoms with E-state index < -0.39 is 5.97 Å². The van der Waals surface area contributed by atoms with Crippen LogP contribution in [0.2, 0.25) is 0 Å². The maximum absolute atomic E-state index is 10.7. The van der Waals surface area contributed by atoms with Gasteiger partial charge in [0.15, 0.2) is 0 Å². The summed E-state index contributed by atoms with van der Waals surface area (Å²) in [5, 5.41) is 12.0. The smallest absolute Gasteiger partial charge is 0.371 e. The van der Waals surface area contributed by atoms with E-state index in [0.717, 1.165) is 17.7 Å². The van der Waals surface area contributed by atoms with Crippen LogP contribution < -0.4 is 5.32 Å². The van der Waals surface area contributed by atoms with Crippen LogP contribution in [-0.4, -0.2) is 24.8 Å². The molecule has 0 aliphatic carbocycles. The van der Waals surface area contributed by atoms with Crippen LogP contribution in [0, 0.1) is 0 Å². The number of rotatable bonds is 7. The van der Waals surface area contributed by atoms with Crippen molar-refractivity contribution in [3.63, 3.8) is 0 Å². The lowest BCUT2D eigenvalue weighted by molar-refractivity contribution is 0.0660. The number of carboxylic acids is 1. The Labute approximate surface area is 117 Å². The van der Waals surface area contributed by atoms with Gasteiger partial charge >= 0.3 is 5.97 Å². The number of aromatic carboxylic acids is 1. The molecular weight excluding hydrogens is 258 g/mol. The predicted molar refractivity (Wildman–Crippen MR) is 75.0 cm³/mol. The van der Waals surface area contributed by atoms with E-state index in [1.54, 1.807) is 13.2 Å². The Hall–Kier alpha value is -2.27. The molecule has 2 N–H and O–H groups in total. The highest BCUT2D eigenvalue weighted by molar-refractivity contribution is 5.84. The zero-order chi connectivity index (χ0) is 14.4. The zero-order valence-electron chi connectivity index (χ0n) is 11.3. The van der Waals surface area contributed by atoms with Gasteiger partial charge in [0.2, 0.25) is 5.76 Å². The number of carbonyl (C=O) groups is 1. The molecular formula is C15H17NO4. The SMILES string of the molecule is COCCc1ccccc1NCc1ccc(C(=O)O)o1. The molecule has 5 nitrogen and oxygen atoms in total. The Kier molecular flexibility index (Phi) is 4.79. The van der Waals surface area contributed by atoms with Gasteiger partial charge in [0.1, 0.15) is 5.76 Å². The second kappa shape index (κ2) is 6.77. The Morgan fingerprint density at radius 1 is 1.30 bits per heavy atom. The molecule has 106 valence electrons. The fraction of sp³-hybridized carbons (Fsp3) is 0.267. The summed E-state index contributed by atoms with van der Waals surface area (Å²) in [6, 6.07) is 11.1. The number of hydrogen-bond donors (Lipinski definition) is 2. The molecule has 0 aliphatic heterocycles. The van der Waals surface area contributed by atoms with Gasteiger partial charge < -0.3 is 19.6 Å². The van der Waals surface area contributed by atoms with Crippen molar-refractivity contribution in [3.05, 3.63) is 53.5 Å². The molecule has 0 unspecified atom stereocenters. The molecule has 0 saturated heterocycles. The molecule has 0 saturated carbocycles. The van der Waals surface area contributed by atoms with E-state index in [0.29, 0.717) is 18.9 Å². The van der Waals surface area contributed by atoms with Crippen LogP contribution >= 0.6 is 0 Å². The van der Waals surface area contributed by atoms with Crippen LogP contribution in [0.25, 0.3) is 0 Å². The number of hydrogen-bond acceptors (Lipinski definition) is 4. The molecule has 0 fully saturated rings. The number of ether oxygens (including phenoxy) is 1. The zero-order valence-corrected chi connectivity index (χ0v) is 11.3. The monoisotopic (exact) mass is 275 g/mol. The maximum Gasteiger partial charge on any atom is 0.371 e. The molecule has 1 aromatic heterocycles. The Balaban J connectivity index is 2.00. The van der Waals surface area contributed by atoms with Crippen molar-refractivity contribution >= 4 is 11.7 Å². The van der Waals surface area contributed by atoms with Crippen LogP contribution in [0.5, 0.6) is 0 Å². The molecule has 0 radical (unpaired) electrons. The first kappa shape index (κ1) is 14.1. The second-order valence-electron chi connectivity index (χ2n) is 4.32. The fourth-order valence-corrected chi connectivity index (χ4v) is 1.89. The summed E-state index contributed by atoms with van der Waals surface area (Å²) >= 11 is 0. The van der Waals surface area contributed by atoms with Crippen LogP contribution in [0.3, 0.4) is 0 Å². The van der Waals surface area contributed by atoms with Gasteiger partial charge in [-0.3, -0.25) is 0 Å². The van der Waals surface area contributed by atoms with E-state index in [2.05, 4.69) is 5.32 Å². The lowest BCUT2D eigenvalue weighted by Gasteiger charge is -2.10. The molecule has 5 heteroatoms. The Bertz CT molecular complexity index is 577. The highest BCUT2D eigenvalue weighted by atomic mass is 16.5. The predicted octanol–water partition coefficient (Wildman–Crippen LogP) is 2.78. The normalized spacial score (nSPS) is 10.4. The minimum absolute atomic E-state index is 0.0468. The van der Waals surface area contributed by atoms with E-state index in [9.17, 15) is 4.79 Å². The summed E-state index contributed by atoms with van der Waals surface area (Å²) in [6.07, 6.45) is 0.818. The molecule has 1 aromatic carbocycles. The van der Waals surface area contributed by atoms with E-state index in [4.69, 9.17) is 14.3 Å². The minimum Gasteiger partial charge on any atom is -0.475 e. The largest absolute Gasteiger partial charge is 0.475 e. The summed E-state index contributed by atoms with van der Waals surface area (Å²) < 4.78 is 10.3. The number of methoxy groups -OCH3 is 1. The standard InChI is InChI=1S/C15H17NO4/c1-19-9-8-11-4-2-3-5-13(11)16-10-12-6-7-14(20-12)15(17)18/h2-7,16H,8-10H2,1H3,(H,17,18). The van der Waals surface area contributed by atoms with Crippen LogP contribution in [0.15, 0.2) is 40.8 Å². The van der Waals surface area contributed by atoms with Gasteiger partial charge in [-0.25, -0.2) is 4.79 Å². The lowest BCUT2D eigenvalue weighted by atomic mass is 10.1. The molecule has 20 heavy (non-hydrogen) atoms. The highest BCUT2D eigenvalue weighted by Gasteiger charge is 2.09. The van der Waals surface area contributed by atoms with Gasteiger partial charge in [0.25, 0.3) is 0 Å². The van der Waals surface area contributed by atoms with E-state index in [1.807, 2.05) is 24.3 Å². The van der Waals surface area contributed by atoms with Gasteiger partial charge in [0, 0.05) is 12.8 Å². The third-order valence-electron chi connectivity index (χ3n) is 2.92. The Morgan fingerprint density at radius 2 is 2.10 bits per heavy atom. The number of benzene rings is 1. The number of carboxylic acid groups (broad SMARTS) is 1. The first-order chi connectivity index (χ1) is 9.70. The number of furan rings is 1. The van der Waals surface area contributed by atoms with E-state index in [1.165, 1.54) is 6.07 Å². The molecule has 0 amide bonds. The molecule has 2 aromatic rings. The number of para-hydroxylation sites is 1. The van der Waals surface area contributed by atoms with Crippen molar-refractivity contribution in [1.29, 1.82) is 0 Å². The van der Waals surface area contributed by atoms with Gasteiger partial charge in [-0.15, -0.1) is 0 Å². The van der Waals surface area contributed by atoms with Crippen LogP contribution in [-0.2, 0) is 17.7 Å². The maximum atomic E-state index is 10.7. The van der Waals surface area contributed by atoms with Gasteiger partial charge in [-0.2, -0.15) is 0 Å². The topological polar surface area (TPSA) is 71.7 Å². The summed E-state index contributed by atoms with van der Waals surface area (Å²) in [4.78, 5) is 10.7. The molecule has 0 aliphatic rings. The van der Waals surface area contributed by atoms with E-state index >= 15 is 0 Å². The fourth-order valence-electron chi connectivity index (χ4n) is 1.89. The van der Waals surface area contributed by atoms with Gasteiger partial charge in [-0.1, -0.05) is 18.2 Å². The molecule has 2 rings (SSSR count). The summed E-state index contributed by atoms with van der Waals surface area (Å²) in [6.45, 7) is 1.10. The van der Waals surface area contributed by atoms with Crippen LogP contribution in [0.4, 0.5) is 5.69 Å². The van der Waals surface area contributed by atoms with Crippen molar-refractivity contribution in [2.45, 2.75) is 13.0 Å². The summed E-state index contributed by atoms with van der Waals surface area (Å²) in [5.41, 5.74) is 2.15. The third kappa shape index (κ3) is 3.61. The van der Waals surface area contributed by atoms with Crippen molar-refractivity contribution in [3.8, 4) is 0 Å². The third-order valence-corrected chi connectivity index (χ3v) is 2.92. The van der Waals surface area contributed by atoms with E-state index in [-0.39, 0.29) is 5.76 Å². The highest BCUT2D eigenvalue weighted by Crippen LogP contribution is 2.17. The average molecular weight is 275 g/mol. The molecule has 1 heterocycles. The summed E-state index contributed by atoms with van der Waals surface area (Å²) in [5.74, 6) is -0.518. The minimum atomic E-state index is -1.06. The quantitative estimate of drug-likeness (QED) is 0.813. The second-order valence-corrected chi connectivity index (χ2v) is 4.32. The Morgan fingerprint density at radius 3 is 2.80 bits per heavy atom. The van der Waals surface area contributed by atoms with Crippen molar-refractivity contribution in [2.75, 3.05) is 19.0 Å². The molecule has 0 spiro atoms. The molecule has 0 bridgehead atoms. The first-order valence-corrected chi connectivity index (χ1v) is 6.33. The van der Waals surface area contributed by atoms with Crippen LogP contribution in [0.1, 0.15) is 21.9 Å². The van der Waals surface area contributed by atoms with Crippen molar-refractivity contribution < 1.29 is 19.1 Å². The number of nitrogens with one attached hydrogen (secondary N) is 1. The van der Waals surface area contributed by atoms with Gasteiger partial charge in [-0.05, 0) is 30.2 Å².